The summed E-state index contributed by atoms with van der Waals surface area (Å²) < 4.78 is 24.0. The van der Waals surface area contributed by atoms with E-state index < -0.39 is 29.3 Å². The summed E-state index contributed by atoms with van der Waals surface area (Å²) in [6.07, 6.45) is 0.0925. The van der Waals surface area contributed by atoms with Gasteiger partial charge in [0.1, 0.15) is 17.1 Å². The van der Waals surface area contributed by atoms with Gasteiger partial charge in [-0.1, -0.05) is 28.9 Å². The van der Waals surface area contributed by atoms with Gasteiger partial charge in [0.2, 0.25) is 5.76 Å². The zero-order valence-electron chi connectivity index (χ0n) is 17.2. The molecule has 3 aliphatic rings. The van der Waals surface area contributed by atoms with E-state index in [2.05, 4.69) is 15.8 Å². The molecule has 1 aromatic heterocycles. The Morgan fingerprint density at radius 3 is 2.82 bits per heavy atom. The van der Waals surface area contributed by atoms with Crippen LogP contribution in [0.1, 0.15) is 29.8 Å². The summed E-state index contributed by atoms with van der Waals surface area (Å²) in [6, 6.07) is 11.0. The van der Waals surface area contributed by atoms with Crippen molar-refractivity contribution in [3.8, 4) is 5.75 Å². The van der Waals surface area contributed by atoms with E-state index in [-0.39, 0.29) is 29.6 Å². The Kier molecular flexibility index (Phi) is 5.30. The van der Waals surface area contributed by atoms with Gasteiger partial charge in [-0.15, -0.1) is 0 Å². The fraction of sp³-hybridized carbons (Fsp3) is 0.261. The normalized spacial score (nSPS) is 21.5. The van der Waals surface area contributed by atoms with Crippen LogP contribution >= 0.6 is 11.6 Å². The van der Waals surface area contributed by atoms with E-state index in [1.54, 1.807) is 24.3 Å². The molecule has 170 valence electrons. The van der Waals surface area contributed by atoms with Crippen LogP contribution in [0.2, 0.25) is 5.02 Å². The molecule has 1 heterocycles. The highest BCUT2D eigenvalue weighted by Crippen LogP contribution is 2.48. The van der Waals surface area contributed by atoms with Gasteiger partial charge in [0.05, 0.1) is 22.1 Å². The summed E-state index contributed by atoms with van der Waals surface area (Å²) in [7, 11) is 0. The summed E-state index contributed by atoms with van der Waals surface area (Å²) in [5.74, 6) is -1.24. The third-order valence-corrected chi connectivity index (χ3v) is 6.33. The molecular weight excluding hydrogens is 453 g/mol. The number of aromatic nitrogens is 1. The molecule has 3 N–H and O–H groups in total. The van der Waals surface area contributed by atoms with Crippen LogP contribution in [-0.2, 0) is 4.79 Å². The standard InChI is InChI=1S/C23H19ClFN3O5/c24-15-6-5-13(7-16(15)25)32-11-20(30)27-23-9-12(10-23)18(8-19(23)29)26-22(31)21-14-3-1-2-4-17(14)28-33-21/h1-7,19,29H,8-11H2,(H,26,31)(H,27,30). The zero-order valence-corrected chi connectivity index (χ0v) is 18.0. The van der Waals surface area contributed by atoms with E-state index >= 15 is 0 Å². The number of amides is 2. The van der Waals surface area contributed by atoms with Crippen LogP contribution < -0.4 is 15.4 Å². The van der Waals surface area contributed by atoms with E-state index in [1.165, 1.54) is 12.1 Å². The van der Waals surface area contributed by atoms with Gasteiger partial charge < -0.3 is 25.0 Å². The number of hydrogen-bond donors (Lipinski definition) is 3. The summed E-state index contributed by atoms with van der Waals surface area (Å²) in [6.45, 7) is -0.337. The maximum absolute atomic E-state index is 13.5. The second-order valence-corrected chi connectivity index (χ2v) is 8.61. The van der Waals surface area contributed by atoms with Gasteiger partial charge >= 0.3 is 0 Å². The fourth-order valence-corrected chi connectivity index (χ4v) is 4.40. The lowest BCUT2D eigenvalue weighted by atomic mass is 9.62. The summed E-state index contributed by atoms with van der Waals surface area (Å²) in [5, 5.41) is 20.8. The number of aliphatic hydroxyl groups is 1. The number of ether oxygens (including phenoxy) is 1. The first kappa shape index (κ1) is 21.4. The Hall–Kier alpha value is -3.43. The Morgan fingerprint density at radius 2 is 2.06 bits per heavy atom. The van der Waals surface area contributed by atoms with Gasteiger partial charge in [-0.25, -0.2) is 4.39 Å². The molecule has 0 aliphatic heterocycles. The minimum Gasteiger partial charge on any atom is -0.484 e. The predicted octanol–water partition coefficient (Wildman–Crippen LogP) is 3.10. The highest BCUT2D eigenvalue weighted by Gasteiger charge is 2.52. The molecule has 8 nitrogen and oxygen atoms in total. The molecule has 0 saturated heterocycles. The van der Waals surface area contributed by atoms with Crippen LogP contribution in [0.25, 0.3) is 10.9 Å². The molecule has 0 spiro atoms. The molecular formula is C23H19ClFN3O5. The van der Waals surface area contributed by atoms with Gasteiger partial charge in [0.15, 0.2) is 6.61 Å². The lowest BCUT2D eigenvalue weighted by Crippen LogP contribution is -2.65. The largest absolute Gasteiger partial charge is 0.484 e. The Morgan fingerprint density at radius 1 is 1.27 bits per heavy atom. The molecule has 3 aliphatic carbocycles. The number of rotatable bonds is 6. The predicted molar refractivity (Wildman–Crippen MR) is 116 cm³/mol. The highest BCUT2D eigenvalue weighted by atomic mass is 35.5. The molecule has 2 aromatic carbocycles. The number of aliphatic hydroxyl groups excluding tert-OH is 1. The van der Waals surface area contributed by atoms with Crippen molar-refractivity contribution in [1.82, 2.24) is 15.8 Å². The SMILES string of the molecule is O=C(COc1ccc(Cl)c(F)c1)NC12CC(=C(NC(=O)c3onc4ccccc34)CC1O)C2. The smallest absolute Gasteiger partial charge is 0.294 e. The topological polar surface area (TPSA) is 114 Å². The highest BCUT2D eigenvalue weighted by molar-refractivity contribution is 6.30. The minimum atomic E-state index is -0.895. The van der Waals surface area contributed by atoms with E-state index in [1.807, 2.05) is 0 Å². The lowest BCUT2D eigenvalue weighted by molar-refractivity contribution is -0.128. The maximum atomic E-state index is 13.5. The summed E-state index contributed by atoms with van der Waals surface area (Å²) >= 11 is 5.63. The Labute approximate surface area is 192 Å². The Balaban J connectivity index is 1.20. The van der Waals surface area contributed by atoms with Crippen LogP contribution in [0, 0.1) is 5.82 Å². The molecule has 3 aromatic rings. The molecule has 10 heteroatoms. The summed E-state index contributed by atoms with van der Waals surface area (Å²) in [4.78, 5) is 25.1. The average Bonchev–Trinajstić information content (AvgIpc) is 3.20. The maximum Gasteiger partial charge on any atom is 0.294 e. The third-order valence-electron chi connectivity index (χ3n) is 6.02. The third kappa shape index (κ3) is 3.94. The average molecular weight is 472 g/mol. The van der Waals surface area contributed by atoms with Crippen molar-refractivity contribution in [1.29, 1.82) is 0 Å². The first-order valence-corrected chi connectivity index (χ1v) is 10.7. The van der Waals surface area contributed by atoms with Gasteiger partial charge in [-0.05, 0) is 42.7 Å². The van der Waals surface area contributed by atoms with E-state index in [0.29, 0.717) is 29.4 Å². The number of halogens is 2. The number of nitrogens with zero attached hydrogens (tertiary/aromatic N) is 1. The molecule has 2 bridgehead atoms. The van der Waals surface area contributed by atoms with Crippen molar-refractivity contribution in [3.05, 3.63) is 70.3 Å². The van der Waals surface area contributed by atoms with Crippen molar-refractivity contribution in [2.45, 2.75) is 30.9 Å². The van der Waals surface area contributed by atoms with E-state index in [0.717, 1.165) is 11.6 Å². The zero-order chi connectivity index (χ0) is 23.2. The molecule has 0 radical (unpaired) electrons. The molecule has 1 fully saturated rings. The van der Waals surface area contributed by atoms with E-state index in [9.17, 15) is 19.1 Å². The first-order valence-electron chi connectivity index (χ1n) is 10.3. The number of fused-ring (bicyclic) bond motifs is 3. The summed E-state index contributed by atoms with van der Waals surface area (Å²) in [5.41, 5.74) is 1.34. The molecule has 33 heavy (non-hydrogen) atoms. The number of carbonyl (C=O) groups is 2. The van der Waals surface area contributed by atoms with E-state index in [4.69, 9.17) is 20.9 Å². The molecule has 2 amide bonds. The van der Waals surface area contributed by atoms with Crippen molar-refractivity contribution < 1.29 is 28.3 Å². The van der Waals surface area contributed by atoms with Gasteiger partial charge in [-0.3, -0.25) is 9.59 Å². The number of nitrogens with one attached hydrogen (secondary N) is 2. The second kappa shape index (κ2) is 8.17. The van der Waals surface area contributed by atoms with Gasteiger partial charge in [0, 0.05) is 18.2 Å². The second-order valence-electron chi connectivity index (χ2n) is 8.21. The number of carbonyl (C=O) groups excluding carboxylic acids is 2. The molecule has 1 saturated carbocycles. The van der Waals surface area contributed by atoms with Gasteiger partial charge in [-0.2, -0.15) is 0 Å². The van der Waals surface area contributed by atoms with Crippen LogP contribution in [0.5, 0.6) is 5.75 Å². The van der Waals surface area contributed by atoms with Gasteiger partial charge in [0.25, 0.3) is 11.8 Å². The quantitative estimate of drug-likeness (QED) is 0.509. The fourth-order valence-electron chi connectivity index (χ4n) is 4.28. The van der Waals surface area contributed by atoms with Crippen molar-refractivity contribution in [2.24, 2.45) is 0 Å². The lowest BCUT2D eigenvalue weighted by Gasteiger charge is -2.52. The van der Waals surface area contributed by atoms with Crippen LogP contribution in [0.3, 0.4) is 0 Å². The molecule has 6 rings (SSSR count). The number of hydrogen-bond acceptors (Lipinski definition) is 6. The van der Waals surface area contributed by atoms with Crippen LogP contribution in [0.4, 0.5) is 4.39 Å². The minimum absolute atomic E-state index is 0.0378. The monoisotopic (exact) mass is 471 g/mol. The van der Waals surface area contributed by atoms with Crippen molar-refractivity contribution in [2.75, 3.05) is 6.61 Å². The van der Waals surface area contributed by atoms with Crippen molar-refractivity contribution >= 4 is 34.3 Å². The van der Waals surface area contributed by atoms with Crippen molar-refractivity contribution in [3.63, 3.8) is 0 Å². The molecule has 1 unspecified atom stereocenters. The van der Waals surface area contributed by atoms with Crippen LogP contribution in [0.15, 0.2) is 58.3 Å². The first-order chi connectivity index (χ1) is 15.8. The Bertz CT molecular complexity index is 1300. The molecule has 1 atom stereocenters. The number of benzene rings is 2. The van der Waals surface area contributed by atoms with Crippen LogP contribution in [-0.4, -0.2) is 40.3 Å².